The average molecular weight is 354 g/mol. The standard InChI is InChI=1S/C12H13F3N2O3S2/c13-10(11(14)15)3-4-22(18,19)12-16-5-9(21-12)6-17-20-7-8-1-2-8/h5-6,8H,1-4,7H2. The van der Waals surface area contributed by atoms with Gasteiger partial charge in [0.05, 0.1) is 16.8 Å². The van der Waals surface area contributed by atoms with E-state index in [0.717, 1.165) is 24.2 Å². The molecule has 5 nitrogen and oxygen atoms in total. The van der Waals surface area contributed by atoms with Crippen molar-refractivity contribution < 1.29 is 26.4 Å². The normalized spacial score (nSPS) is 15.2. The van der Waals surface area contributed by atoms with Crippen LogP contribution in [-0.2, 0) is 14.7 Å². The zero-order chi connectivity index (χ0) is 16.2. The molecule has 0 atom stereocenters. The molecule has 1 saturated carbocycles. The summed E-state index contributed by atoms with van der Waals surface area (Å²) in [6.45, 7) is 0.529. The highest BCUT2D eigenvalue weighted by atomic mass is 32.2. The van der Waals surface area contributed by atoms with E-state index in [-0.39, 0.29) is 4.34 Å². The first-order valence-electron chi connectivity index (χ1n) is 6.42. The van der Waals surface area contributed by atoms with E-state index >= 15 is 0 Å². The van der Waals surface area contributed by atoms with E-state index in [4.69, 9.17) is 4.84 Å². The molecule has 0 aliphatic heterocycles. The van der Waals surface area contributed by atoms with Crippen molar-refractivity contribution in [3.63, 3.8) is 0 Å². The minimum atomic E-state index is -3.90. The number of thiazole rings is 1. The predicted octanol–water partition coefficient (Wildman–Crippen LogP) is 3.15. The molecular weight excluding hydrogens is 341 g/mol. The summed E-state index contributed by atoms with van der Waals surface area (Å²) >= 11 is 0.820. The maximum atomic E-state index is 12.7. The topological polar surface area (TPSA) is 68.6 Å². The molecule has 2 rings (SSSR count). The molecule has 22 heavy (non-hydrogen) atoms. The van der Waals surface area contributed by atoms with Crippen LogP contribution in [0.3, 0.4) is 0 Å². The van der Waals surface area contributed by atoms with Gasteiger partial charge in [-0.05, 0) is 18.8 Å². The highest BCUT2D eigenvalue weighted by molar-refractivity contribution is 7.93. The fourth-order valence-electron chi connectivity index (χ4n) is 1.40. The zero-order valence-electron chi connectivity index (χ0n) is 11.3. The van der Waals surface area contributed by atoms with Gasteiger partial charge < -0.3 is 4.84 Å². The van der Waals surface area contributed by atoms with Crippen LogP contribution in [0.4, 0.5) is 13.2 Å². The summed E-state index contributed by atoms with van der Waals surface area (Å²) in [4.78, 5) is 9.16. The molecule has 10 heteroatoms. The summed E-state index contributed by atoms with van der Waals surface area (Å²) in [5, 5.41) is 3.70. The Hall–Kier alpha value is -1.42. The number of oxime groups is 1. The summed E-state index contributed by atoms with van der Waals surface area (Å²) in [5.74, 6) is -1.94. The molecule has 0 unspecified atom stereocenters. The molecular formula is C12H13F3N2O3S2. The van der Waals surface area contributed by atoms with E-state index < -0.39 is 33.9 Å². The third-order valence-electron chi connectivity index (χ3n) is 2.83. The van der Waals surface area contributed by atoms with Gasteiger partial charge in [0, 0.05) is 12.6 Å². The Morgan fingerprint density at radius 2 is 2.18 bits per heavy atom. The van der Waals surface area contributed by atoms with Crippen molar-refractivity contribution in [2.45, 2.75) is 23.6 Å². The van der Waals surface area contributed by atoms with Gasteiger partial charge in [0.25, 0.3) is 0 Å². The monoisotopic (exact) mass is 354 g/mol. The van der Waals surface area contributed by atoms with Gasteiger partial charge in [-0.1, -0.05) is 5.16 Å². The fraction of sp³-hybridized carbons (Fsp3) is 0.500. The van der Waals surface area contributed by atoms with E-state index in [1.54, 1.807) is 0 Å². The van der Waals surface area contributed by atoms with Gasteiger partial charge in [-0.25, -0.2) is 17.8 Å². The Labute approximate surface area is 129 Å². The number of aromatic nitrogens is 1. The van der Waals surface area contributed by atoms with Gasteiger partial charge in [0.2, 0.25) is 14.2 Å². The lowest BCUT2D eigenvalue weighted by Gasteiger charge is -1.98. The van der Waals surface area contributed by atoms with Crippen LogP contribution in [0.1, 0.15) is 24.1 Å². The summed E-state index contributed by atoms with van der Waals surface area (Å²) in [6.07, 6.45) is 1.49. The SMILES string of the molecule is O=S(=O)(CCC(F)=C(F)F)c1ncc(C=NOCC2CC2)s1. The molecule has 1 aliphatic rings. The second kappa shape index (κ2) is 7.23. The van der Waals surface area contributed by atoms with E-state index in [2.05, 4.69) is 10.1 Å². The lowest BCUT2D eigenvalue weighted by molar-refractivity contribution is 0.135. The Bertz CT molecular complexity index is 678. The second-order valence-electron chi connectivity index (χ2n) is 4.74. The third kappa shape index (κ3) is 5.09. The number of halogens is 3. The smallest absolute Gasteiger partial charge is 0.301 e. The average Bonchev–Trinajstić information content (AvgIpc) is 3.16. The first-order chi connectivity index (χ1) is 10.4. The minimum Gasteiger partial charge on any atom is -0.395 e. The van der Waals surface area contributed by atoms with Gasteiger partial charge in [-0.15, -0.1) is 11.3 Å². The molecule has 0 saturated heterocycles. The van der Waals surface area contributed by atoms with Crippen LogP contribution in [0.2, 0.25) is 0 Å². The number of hydrogen-bond donors (Lipinski definition) is 0. The third-order valence-corrected chi connectivity index (χ3v) is 5.94. The Morgan fingerprint density at radius 3 is 2.82 bits per heavy atom. The van der Waals surface area contributed by atoms with Gasteiger partial charge in [-0.3, -0.25) is 0 Å². The number of allylic oxidation sites excluding steroid dienone is 1. The van der Waals surface area contributed by atoms with Gasteiger partial charge in [0.1, 0.15) is 6.61 Å². The quantitative estimate of drug-likeness (QED) is 0.531. The van der Waals surface area contributed by atoms with Gasteiger partial charge >= 0.3 is 6.08 Å². The zero-order valence-corrected chi connectivity index (χ0v) is 13.0. The summed E-state index contributed by atoms with van der Waals surface area (Å²) in [5.41, 5.74) is 0. The second-order valence-corrected chi connectivity index (χ2v) is 8.08. The van der Waals surface area contributed by atoms with Crippen LogP contribution in [0.15, 0.2) is 27.6 Å². The highest BCUT2D eigenvalue weighted by Crippen LogP contribution is 2.28. The summed E-state index contributed by atoms with van der Waals surface area (Å²) in [7, 11) is -3.90. The summed E-state index contributed by atoms with van der Waals surface area (Å²) in [6, 6.07) is 0. The van der Waals surface area contributed by atoms with Crippen molar-refractivity contribution in [2.24, 2.45) is 11.1 Å². The van der Waals surface area contributed by atoms with E-state index in [0.29, 0.717) is 17.4 Å². The number of hydrogen-bond acceptors (Lipinski definition) is 6. The largest absolute Gasteiger partial charge is 0.395 e. The van der Waals surface area contributed by atoms with Crippen molar-refractivity contribution in [1.29, 1.82) is 0 Å². The van der Waals surface area contributed by atoms with Crippen LogP contribution >= 0.6 is 11.3 Å². The molecule has 0 spiro atoms. The van der Waals surface area contributed by atoms with Gasteiger partial charge in [0.15, 0.2) is 5.83 Å². The Morgan fingerprint density at radius 1 is 1.45 bits per heavy atom. The molecule has 0 radical (unpaired) electrons. The van der Waals surface area contributed by atoms with Crippen molar-refractivity contribution in [3.05, 3.63) is 23.0 Å². The van der Waals surface area contributed by atoms with Gasteiger partial charge in [-0.2, -0.15) is 8.78 Å². The van der Waals surface area contributed by atoms with Crippen LogP contribution in [0.25, 0.3) is 0 Å². The van der Waals surface area contributed by atoms with Crippen molar-refractivity contribution >= 4 is 27.4 Å². The van der Waals surface area contributed by atoms with Crippen molar-refractivity contribution in [2.75, 3.05) is 12.4 Å². The number of sulfone groups is 1. The van der Waals surface area contributed by atoms with E-state index in [9.17, 15) is 21.6 Å². The highest BCUT2D eigenvalue weighted by Gasteiger charge is 2.22. The molecule has 0 N–H and O–H groups in total. The van der Waals surface area contributed by atoms with Crippen molar-refractivity contribution in [3.8, 4) is 0 Å². The maximum Gasteiger partial charge on any atom is 0.301 e. The van der Waals surface area contributed by atoms with E-state index in [1.165, 1.54) is 12.4 Å². The molecule has 122 valence electrons. The Kier molecular flexibility index (Phi) is 5.57. The minimum absolute atomic E-state index is 0.261. The molecule has 1 fully saturated rings. The molecule has 0 amide bonds. The van der Waals surface area contributed by atoms with Crippen LogP contribution in [-0.4, -0.2) is 32.0 Å². The van der Waals surface area contributed by atoms with Crippen LogP contribution in [0, 0.1) is 5.92 Å². The molecule has 1 heterocycles. The first-order valence-corrected chi connectivity index (χ1v) is 8.89. The fourth-order valence-corrected chi connectivity index (χ4v) is 3.79. The van der Waals surface area contributed by atoms with Crippen molar-refractivity contribution in [1.82, 2.24) is 4.98 Å². The number of nitrogens with zero attached hydrogens (tertiary/aromatic N) is 2. The molecule has 1 aromatic rings. The Balaban J connectivity index is 1.92. The van der Waals surface area contributed by atoms with Crippen LogP contribution < -0.4 is 0 Å². The molecule has 1 aromatic heterocycles. The predicted molar refractivity (Wildman–Crippen MR) is 75.4 cm³/mol. The van der Waals surface area contributed by atoms with E-state index in [1.807, 2.05) is 0 Å². The lowest BCUT2D eigenvalue weighted by atomic mass is 10.4. The maximum absolute atomic E-state index is 12.7. The number of rotatable bonds is 8. The lowest BCUT2D eigenvalue weighted by Crippen LogP contribution is -2.06. The molecule has 0 bridgehead atoms. The van der Waals surface area contributed by atoms with Crippen LogP contribution in [0.5, 0.6) is 0 Å². The summed E-state index contributed by atoms with van der Waals surface area (Å²) < 4.78 is 59.9. The first kappa shape index (κ1) is 16.9. The molecule has 1 aliphatic carbocycles. The molecule has 0 aromatic carbocycles.